The van der Waals surface area contributed by atoms with Gasteiger partial charge in [-0.15, -0.1) is 10.2 Å². The van der Waals surface area contributed by atoms with Gasteiger partial charge in [0.2, 0.25) is 5.82 Å². The van der Waals surface area contributed by atoms with Gasteiger partial charge in [-0.2, -0.15) is 0 Å². The summed E-state index contributed by atoms with van der Waals surface area (Å²) in [4.78, 5) is 10.6. The van der Waals surface area contributed by atoms with Crippen molar-refractivity contribution in [2.24, 2.45) is 0 Å². The molecule has 2 aromatic rings. The zero-order valence-corrected chi connectivity index (χ0v) is 8.12. The van der Waals surface area contributed by atoms with Gasteiger partial charge in [0.25, 0.3) is 0 Å². The normalized spacial score (nSPS) is 9.93. The average molecular weight is 203 g/mol. The maximum atomic E-state index is 10.6. The highest BCUT2D eigenvalue weighted by Crippen LogP contribution is 2.14. The Hall–Kier alpha value is -2.17. The first kappa shape index (κ1) is 9.39. The van der Waals surface area contributed by atoms with Crippen molar-refractivity contribution in [1.82, 2.24) is 14.8 Å². The molecule has 0 amide bonds. The van der Waals surface area contributed by atoms with Crippen molar-refractivity contribution in [2.75, 3.05) is 7.11 Å². The van der Waals surface area contributed by atoms with Crippen LogP contribution in [0.1, 0.15) is 10.6 Å². The average Bonchev–Trinajstić information content (AvgIpc) is 2.77. The van der Waals surface area contributed by atoms with Gasteiger partial charge in [0, 0.05) is 5.69 Å². The molecule has 1 heterocycles. The molecule has 0 radical (unpaired) electrons. The molecule has 0 saturated carbocycles. The van der Waals surface area contributed by atoms with E-state index in [9.17, 15) is 4.79 Å². The van der Waals surface area contributed by atoms with Crippen molar-refractivity contribution < 1.29 is 9.53 Å². The molecule has 0 bridgehead atoms. The first-order valence-electron chi connectivity index (χ1n) is 4.35. The molecule has 2 rings (SSSR count). The molecule has 0 aliphatic heterocycles. The molecule has 5 nitrogen and oxygen atoms in total. The largest absolute Gasteiger partial charge is 0.497 e. The monoisotopic (exact) mass is 203 g/mol. The molecule has 0 atom stereocenters. The summed E-state index contributed by atoms with van der Waals surface area (Å²) in [6.45, 7) is 0. The standard InChI is InChI=1S/C10H9N3O2/c1-15-9-4-2-8(3-5-9)13-7-11-12-10(13)6-14/h2-7H,1H3. The lowest BCUT2D eigenvalue weighted by molar-refractivity contribution is 0.111. The van der Waals surface area contributed by atoms with E-state index >= 15 is 0 Å². The maximum absolute atomic E-state index is 10.6. The summed E-state index contributed by atoms with van der Waals surface area (Å²) in [6.07, 6.45) is 2.16. The summed E-state index contributed by atoms with van der Waals surface area (Å²) in [5, 5.41) is 7.33. The van der Waals surface area contributed by atoms with Gasteiger partial charge in [0.05, 0.1) is 7.11 Å². The molecule has 1 aromatic carbocycles. The van der Waals surface area contributed by atoms with Crippen molar-refractivity contribution in [2.45, 2.75) is 0 Å². The summed E-state index contributed by atoms with van der Waals surface area (Å²) in [5.74, 6) is 1.04. The van der Waals surface area contributed by atoms with E-state index in [0.29, 0.717) is 6.29 Å². The van der Waals surface area contributed by atoms with E-state index < -0.39 is 0 Å². The minimum absolute atomic E-state index is 0.278. The molecule has 0 aliphatic rings. The van der Waals surface area contributed by atoms with Gasteiger partial charge < -0.3 is 4.74 Å². The number of methoxy groups -OCH3 is 1. The number of hydrogen-bond donors (Lipinski definition) is 0. The van der Waals surface area contributed by atoms with Crippen LogP contribution in [-0.2, 0) is 0 Å². The van der Waals surface area contributed by atoms with Gasteiger partial charge in [0.15, 0.2) is 6.29 Å². The van der Waals surface area contributed by atoms with Crippen molar-refractivity contribution >= 4 is 6.29 Å². The SMILES string of the molecule is COc1ccc(-n2cnnc2C=O)cc1. The Morgan fingerprint density at radius 3 is 2.67 bits per heavy atom. The van der Waals surface area contributed by atoms with Gasteiger partial charge in [-0.1, -0.05) is 0 Å². The topological polar surface area (TPSA) is 57.0 Å². The van der Waals surface area contributed by atoms with E-state index in [1.54, 1.807) is 11.7 Å². The Labute approximate surface area is 86.3 Å². The highest BCUT2D eigenvalue weighted by Gasteiger charge is 2.04. The molecule has 0 aliphatic carbocycles. The number of rotatable bonds is 3. The predicted octanol–water partition coefficient (Wildman–Crippen LogP) is 1.09. The zero-order valence-electron chi connectivity index (χ0n) is 8.12. The van der Waals surface area contributed by atoms with Crippen molar-refractivity contribution in [1.29, 1.82) is 0 Å². The van der Waals surface area contributed by atoms with E-state index in [-0.39, 0.29) is 5.82 Å². The highest BCUT2D eigenvalue weighted by molar-refractivity contribution is 5.70. The maximum Gasteiger partial charge on any atom is 0.201 e. The van der Waals surface area contributed by atoms with Crippen LogP contribution in [0.25, 0.3) is 5.69 Å². The van der Waals surface area contributed by atoms with Crippen LogP contribution in [0.4, 0.5) is 0 Å². The van der Waals surface area contributed by atoms with Crippen LogP contribution in [0.15, 0.2) is 30.6 Å². The van der Waals surface area contributed by atoms with Crippen LogP contribution in [0.2, 0.25) is 0 Å². The lowest BCUT2D eigenvalue weighted by Gasteiger charge is -2.04. The van der Waals surface area contributed by atoms with Crippen LogP contribution in [0, 0.1) is 0 Å². The second kappa shape index (κ2) is 3.91. The summed E-state index contributed by atoms with van der Waals surface area (Å²) in [7, 11) is 1.60. The first-order valence-corrected chi connectivity index (χ1v) is 4.35. The molecular weight excluding hydrogens is 194 g/mol. The van der Waals surface area contributed by atoms with Crippen molar-refractivity contribution in [3.8, 4) is 11.4 Å². The summed E-state index contributed by atoms with van der Waals surface area (Å²) < 4.78 is 6.64. The lowest BCUT2D eigenvalue weighted by atomic mass is 10.3. The van der Waals surface area contributed by atoms with E-state index in [4.69, 9.17) is 4.74 Å². The van der Waals surface area contributed by atoms with Gasteiger partial charge in [-0.3, -0.25) is 9.36 Å². The molecule has 15 heavy (non-hydrogen) atoms. The van der Waals surface area contributed by atoms with Crippen molar-refractivity contribution in [3.63, 3.8) is 0 Å². The predicted molar refractivity (Wildman–Crippen MR) is 53.3 cm³/mol. The Bertz CT molecular complexity index is 462. The van der Waals surface area contributed by atoms with Crippen LogP contribution in [-0.4, -0.2) is 28.2 Å². The second-order valence-corrected chi connectivity index (χ2v) is 2.88. The van der Waals surface area contributed by atoms with Crippen LogP contribution in [0.3, 0.4) is 0 Å². The number of hydrogen-bond acceptors (Lipinski definition) is 4. The molecule has 0 fully saturated rings. The first-order chi connectivity index (χ1) is 7.35. The van der Waals surface area contributed by atoms with Crippen LogP contribution >= 0.6 is 0 Å². The third-order valence-electron chi connectivity index (χ3n) is 2.03. The molecule has 76 valence electrons. The van der Waals surface area contributed by atoms with Crippen LogP contribution in [0.5, 0.6) is 5.75 Å². The van der Waals surface area contributed by atoms with Gasteiger partial charge in [-0.05, 0) is 24.3 Å². The number of benzene rings is 1. The minimum Gasteiger partial charge on any atom is -0.497 e. The number of ether oxygens (including phenoxy) is 1. The van der Waals surface area contributed by atoms with Gasteiger partial charge in [0.1, 0.15) is 12.1 Å². The van der Waals surface area contributed by atoms with E-state index in [0.717, 1.165) is 11.4 Å². The summed E-state index contributed by atoms with van der Waals surface area (Å²) >= 11 is 0. The fraction of sp³-hybridized carbons (Fsp3) is 0.100. The van der Waals surface area contributed by atoms with Gasteiger partial charge in [-0.25, -0.2) is 0 Å². The molecule has 0 N–H and O–H groups in total. The Morgan fingerprint density at radius 2 is 2.07 bits per heavy atom. The minimum atomic E-state index is 0.278. The second-order valence-electron chi connectivity index (χ2n) is 2.88. The Kier molecular flexibility index (Phi) is 2.45. The van der Waals surface area contributed by atoms with E-state index in [1.165, 1.54) is 6.33 Å². The molecular formula is C10H9N3O2. The Morgan fingerprint density at radius 1 is 1.33 bits per heavy atom. The molecule has 5 heteroatoms. The van der Waals surface area contributed by atoms with Crippen LogP contribution < -0.4 is 4.74 Å². The van der Waals surface area contributed by atoms with Crippen molar-refractivity contribution in [3.05, 3.63) is 36.4 Å². The quantitative estimate of drug-likeness (QED) is 0.700. The fourth-order valence-electron chi connectivity index (χ4n) is 1.27. The summed E-state index contributed by atoms with van der Waals surface area (Å²) in [6, 6.07) is 7.28. The lowest BCUT2D eigenvalue weighted by Crippen LogP contribution is -1.98. The fourth-order valence-corrected chi connectivity index (χ4v) is 1.27. The Balaban J connectivity index is 2.41. The highest BCUT2D eigenvalue weighted by atomic mass is 16.5. The smallest absolute Gasteiger partial charge is 0.201 e. The molecule has 0 unspecified atom stereocenters. The number of carbonyl (C=O) groups is 1. The number of aldehydes is 1. The third kappa shape index (κ3) is 1.71. The number of carbonyl (C=O) groups excluding carboxylic acids is 1. The zero-order chi connectivity index (χ0) is 10.7. The number of nitrogens with zero attached hydrogens (tertiary/aromatic N) is 3. The molecule has 0 spiro atoms. The van der Waals surface area contributed by atoms with Gasteiger partial charge >= 0.3 is 0 Å². The van der Waals surface area contributed by atoms with E-state index in [1.807, 2.05) is 24.3 Å². The number of aromatic nitrogens is 3. The third-order valence-corrected chi connectivity index (χ3v) is 2.03. The summed E-state index contributed by atoms with van der Waals surface area (Å²) in [5.41, 5.74) is 0.822. The molecule has 0 saturated heterocycles. The molecule has 1 aromatic heterocycles. The van der Waals surface area contributed by atoms with E-state index in [2.05, 4.69) is 10.2 Å².